The molecule has 0 radical (unpaired) electrons. The van der Waals surface area contributed by atoms with Crippen molar-refractivity contribution in [1.29, 1.82) is 0 Å². The second-order valence-electron chi connectivity index (χ2n) is 15.6. The van der Waals surface area contributed by atoms with E-state index >= 15 is 0 Å². The number of likely N-dealkylation sites (N-methyl/N-ethyl adjacent to an activating group) is 1. The van der Waals surface area contributed by atoms with E-state index in [9.17, 15) is 19.4 Å². The van der Waals surface area contributed by atoms with Crippen molar-refractivity contribution in [3.05, 3.63) is 73.1 Å². The average molecular weight is 809 g/mol. The Hall–Kier alpha value is -2.26. The second-order valence-corrected chi connectivity index (χ2v) is 17.1. The van der Waals surface area contributed by atoms with Crippen LogP contribution in [-0.4, -0.2) is 80.2 Å². The number of unbranched alkanes of at least 4 members (excludes halogenated alkanes) is 15. The van der Waals surface area contributed by atoms with E-state index in [0.29, 0.717) is 30.3 Å². The highest BCUT2D eigenvalue weighted by molar-refractivity contribution is 7.47. The van der Waals surface area contributed by atoms with Crippen LogP contribution in [0, 0.1) is 0 Å². The highest BCUT2D eigenvalue weighted by atomic mass is 31.2. The SMILES string of the molecule is CC/C=C\C/C=C\CC(O)/C=C/C=C\C/C=C\CCCC(=O)O[C@H](CO/C=C/CCCCCCCCCCCCCCCC)COP(=O)(O)OCC[N+](C)(C)C. The average Bonchev–Trinajstić information content (AvgIpc) is 3.14. The van der Waals surface area contributed by atoms with Crippen LogP contribution >= 0.6 is 7.82 Å². The van der Waals surface area contributed by atoms with Crippen LogP contribution in [0.15, 0.2) is 73.1 Å². The van der Waals surface area contributed by atoms with Crippen LogP contribution < -0.4 is 0 Å². The number of carbonyl (C=O) groups is 1. The van der Waals surface area contributed by atoms with Gasteiger partial charge in [0.25, 0.3) is 0 Å². The summed E-state index contributed by atoms with van der Waals surface area (Å²) >= 11 is 0. The van der Waals surface area contributed by atoms with Gasteiger partial charge in [-0.25, -0.2) is 4.57 Å². The number of phosphoric ester groups is 1. The maximum absolute atomic E-state index is 12.7. The van der Waals surface area contributed by atoms with Crippen molar-refractivity contribution in [1.82, 2.24) is 0 Å². The summed E-state index contributed by atoms with van der Waals surface area (Å²) in [6.07, 6.45) is 46.4. The molecule has 324 valence electrons. The summed E-state index contributed by atoms with van der Waals surface area (Å²) in [5.74, 6) is -0.420. The normalized spacial score (nSPS) is 15.0. The third kappa shape index (κ3) is 41.4. The summed E-state index contributed by atoms with van der Waals surface area (Å²) in [6, 6.07) is 0. The first-order valence-electron chi connectivity index (χ1n) is 21.8. The number of carbonyl (C=O) groups excluding carboxylic acids is 1. The van der Waals surface area contributed by atoms with Crippen LogP contribution in [0.25, 0.3) is 0 Å². The van der Waals surface area contributed by atoms with Crippen molar-refractivity contribution in [2.75, 3.05) is 47.5 Å². The minimum atomic E-state index is -4.32. The van der Waals surface area contributed by atoms with E-state index < -0.39 is 26.0 Å². The molecule has 0 aromatic carbocycles. The van der Waals surface area contributed by atoms with Gasteiger partial charge >= 0.3 is 13.8 Å². The second kappa shape index (κ2) is 38.3. The molecule has 0 aromatic rings. The number of aliphatic hydroxyl groups is 1. The Kier molecular flexibility index (Phi) is 36.7. The lowest BCUT2D eigenvalue weighted by Crippen LogP contribution is -2.37. The van der Waals surface area contributed by atoms with Gasteiger partial charge in [0.05, 0.1) is 40.1 Å². The Morgan fingerprint density at radius 2 is 1.27 bits per heavy atom. The molecule has 0 spiro atoms. The first kappa shape index (κ1) is 53.7. The van der Waals surface area contributed by atoms with Gasteiger partial charge in [0.15, 0.2) is 6.10 Å². The molecule has 56 heavy (non-hydrogen) atoms. The lowest BCUT2D eigenvalue weighted by Gasteiger charge is -2.24. The highest BCUT2D eigenvalue weighted by Gasteiger charge is 2.26. The van der Waals surface area contributed by atoms with E-state index in [1.165, 1.54) is 83.5 Å². The summed E-state index contributed by atoms with van der Waals surface area (Å²) in [5.41, 5.74) is 0. The number of ether oxygens (including phenoxy) is 2. The smallest absolute Gasteiger partial charge is 0.472 e. The number of nitrogens with zero attached hydrogens (tertiary/aromatic N) is 1. The van der Waals surface area contributed by atoms with Crippen molar-refractivity contribution in [3.63, 3.8) is 0 Å². The predicted molar refractivity (Wildman–Crippen MR) is 234 cm³/mol. The molecule has 0 rings (SSSR count). The molecule has 0 amide bonds. The van der Waals surface area contributed by atoms with Crippen LogP contribution in [0.2, 0.25) is 0 Å². The number of hydrogen-bond donors (Lipinski definition) is 2. The molecule has 9 nitrogen and oxygen atoms in total. The number of allylic oxidation sites excluding steroid dienone is 9. The van der Waals surface area contributed by atoms with Gasteiger partial charge in [-0.05, 0) is 57.4 Å². The molecule has 0 saturated carbocycles. The van der Waals surface area contributed by atoms with Crippen molar-refractivity contribution in [2.24, 2.45) is 0 Å². The number of aliphatic hydroxyl groups excluding tert-OH is 1. The fraction of sp³-hybridized carbons (Fsp3) is 0.717. The fourth-order valence-electron chi connectivity index (χ4n) is 5.52. The highest BCUT2D eigenvalue weighted by Crippen LogP contribution is 2.43. The maximum atomic E-state index is 12.7. The predicted octanol–water partition coefficient (Wildman–Crippen LogP) is 12.0. The molecule has 2 N–H and O–H groups in total. The van der Waals surface area contributed by atoms with E-state index in [0.717, 1.165) is 32.1 Å². The topological polar surface area (TPSA) is 112 Å². The Labute approximate surface area is 343 Å². The molecule has 10 heteroatoms. The van der Waals surface area contributed by atoms with E-state index in [2.05, 4.69) is 32.1 Å². The molecule has 0 aromatic heterocycles. The molecule has 0 saturated heterocycles. The van der Waals surface area contributed by atoms with Gasteiger partial charge in [-0.15, -0.1) is 0 Å². The van der Waals surface area contributed by atoms with Crippen LogP contribution in [0.3, 0.4) is 0 Å². The zero-order valence-corrected chi connectivity index (χ0v) is 37.1. The van der Waals surface area contributed by atoms with Gasteiger partial charge in [-0.1, -0.05) is 158 Å². The van der Waals surface area contributed by atoms with Gasteiger partial charge in [0.2, 0.25) is 0 Å². The fourth-order valence-corrected chi connectivity index (χ4v) is 6.26. The molecular weight excluding hydrogens is 725 g/mol. The number of quaternary nitrogens is 1. The first-order valence-corrected chi connectivity index (χ1v) is 23.3. The summed E-state index contributed by atoms with van der Waals surface area (Å²) in [6.45, 7) is 4.64. The number of esters is 1. The Morgan fingerprint density at radius 3 is 1.91 bits per heavy atom. The number of phosphoric acid groups is 1. The molecule has 0 fully saturated rings. The quantitative estimate of drug-likeness (QED) is 0.0120. The number of rotatable bonds is 39. The molecule has 0 aliphatic rings. The van der Waals surface area contributed by atoms with Crippen LogP contribution in [0.4, 0.5) is 0 Å². The van der Waals surface area contributed by atoms with Gasteiger partial charge in [-0.2, -0.15) is 0 Å². The lowest BCUT2D eigenvalue weighted by atomic mass is 10.0. The standard InChI is InChI=1S/C46H82NO8P/c1-6-8-10-12-14-15-16-17-18-19-20-21-24-27-31-35-40-52-42-45(43-54-56(50,51)53-41-39-47(3,4)5)55-46(49)38-34-30-26-23-22-25-29-33-37-44(48)36-32-28-13-11-9-7-2/h9,11,23,25-26,28-29,32-33,35,37,40,44-45,48H,6-8,10,12-22,24,27,30-31,34,36,38-39,41-43H2,1-5H3/p+1/b11-9-,26-23-,29-25-,32-28-,37-33+,40-35+/t44?,45-/m1/s1. The third-order valence-electron chi connectivity index (χ3n) is 8.93. The summed E-state index contributed by atoms with van der Waals surface area (Å²) in [5, 5.41) is 10.0. The van der Waals surface area contributed by atoms with Gasteiger partial charge in [0.1, 0.15) is 19.8 Å². The van der Waals surface area contributed by atoms with Crippen LogP contribution in [0.1, 0.15) is 155 Å². The summed E-state index contributed by atoms with van der Waals surface area (Å²) in [4.78, 5) is 22.8. The summed E-state index contributed by atoms with van der Waals surface area (Å²) in [7, 11) is 1.55. The van der Waals surface area contributed by atoms with E-state index in [-0.39, 0.29) is 26.2 Å². The molecular formula is C46H83NO8P+. The van der Waals surface area contributed by atoms with Gasteiger partial charge < -0.3 is 24.0 Å². The maximum Gasteiger partial charge on any atom is 0.472 e. The van der Waals surface area contributed by atoms with Gasteiger partial charge in [-0.3, -0.25) is 13.8 Å². The third-order valence-corrected chi connectivity index (χ3v) is 9.91. The Bertz CT molecular complexity index is 1140. The van der Waals surface area contributed by atoms with Gasteiger partial charge in [0, 0.05) is 6.42 Å². The Balaban J connectivity index is 4.47. The zero-order chi connectivity index (χ0) is 41.4. The largest absolute Gasteiger partial charge is 0.498 e. The van der Waals surface area contributed by atoms with Crippen molar-refractivity contribution >= 4 is 13.8 Å². The molecule has 2 unspecified atom stereocenters. The summed E-state index contributed by atoms with van der Waals surface area (Å²) < 4.78 is 34.6. The van der Waals surface area contributed by atoms with E-state index in [1.54, 1.807) is 12.3 Å². The monoisotopic (exact) mass is 809 g/mol. The molecule has 0 bridgehead atoms. The minimum absolute atomic E-state index is 0.00488. The van der Waals surface area contributed by atoms with Crippen LogP contribution in [-0.2, 0) is 27.9 Å². The van der Waals surface area contributed by atoms with Crippen molar-refractivity contribution in [2.45, 2.75) is 167 Å². The lowest BCUT2D eigenvalue weighted by molar-refractivity contribution is -0.870. The first-order chi connectivity index (χ1) is 27.0. The number of hydrogen-bond acceptors (Lipinski definition) is 7. The minimum Gasteiger partial charge on any atom is -0.498 e. The molecule has 0 aliphatic heterocycles. The van der Waals surface area contributed by atoms with Crippen LogP contribution in [0.5, 0.6) is 0 Å². The Morgan fingerprint density at radius 1 is 0.679 bits per heavy atom. The van der Waals surface area contributed by atoms with Crippen molar-refractivity contribution in [3.8, 4) is 0 Å². The molecule has 3 atom stereocenters. The molecule has 0 heterocycles. The zero-order valence-electron chi connectivity index (χ0n) is 36.2. The molecule has 0 aliphatic carbocycles. The van der Waals surface area contributed by atoms with E-state index in [1.807, 2.05) is 63.7 Å². The van der Waals surface area contributed by atoms with E-state index in [4.69, 9.17) is 18.5 Å². The van der Waals surface area contributed by atoms with Crippen molar-refractivity contribution < 1.29 is 42.4 Å².